The van der Waals surface area contributed by atoms with Crippen LogP contribution in [-0.2, 0) is 6.18 Å². The molecule has 2 aromatic carbocycles. The van der Waals surface area contributed by atoms with Gasteiger partial charge in [-0.3, -0.25) is 4.98 Å². The Bertz CT molecular complexity index is 1160. The minimum absolute atomic E-state index is 0.100. The molecular weight excluding hydrogens is 419 g/mol. The van der Waals surface area contributed by atoms with Gasteiger partial charge in [-0.05, 0) is 43.7 Å². The first-order valence-corrected chi connectivity index (χ1v) is 10.0. The summed E-state index contributed by atoms with van der Waals surface area (Å²) in [6.45, 7) is 7.62. The molecule has 0 bridgehead atoms. The Morgan fingerprint density at radius 3 is 2.44 bits per heavy atom. The quantitative estimate of drug-likeness (QED) is 0.328. The second kappa shape index (κ2) is 10.6. The van der Waals surface area contributed by atoms with Gasteiger partial charge in [0.1, 0.15) is 11.5 Å². The number of alkyl halides is 3. The maximum Gasteiger partial charge on any atom is 0.418 e. The minimum Gasteiger partial charge on any atom is -0.478 e. The van der Waals surface area contributed by atoms with E-state index < -0.39 is 17.7 Å². The van der Waals surface area contributed by atoms with Gasteiger partial charge in [0.25, 0.3) is 0 Å². The Morgan fingerprint density at radius 1 is 1.12 bits per heavy atom. The number of hydrogen-bond donors (Lipinski definition) is 1. The number of carboxylic acids is 1. The van der Waals surface area contributed by atoms with Gasteiger partial charge in [0, 0.05) is 17.1 Å². The SMILES string of the molecule is C/C=C\C=C(/C)Oc1cccc(-c2c(C(=O)O)cnc3c(C(F)(F)F)cccc23)c1.CC. The summed E-state index contributed by atoms with van der Waals surface area (Å²) in [5.41, 5.74) is -0.856. The number of fused-ring (bicyclic) bond motifs is 1. The fourth-order valence-electron chi connectivity index (χ4n) is 3.09. The van der Waals surface area contributed by atoms with E-state index in [9.17, 15) is 23.1 Å². The largest absolute Gasteiger partial charge is 0.478 e. The number of benzene rings is 2. The fourth-order valence-corrected chi connectivity index (χ4v) is 3.09. The molecule has 7 heteroatoms. The molecule has 0 aliphatic rings. The van der Waals surface area contributed by atoms with E-state index in [2.05, 4.69) is 4.98 Å². The molecule has 168 valence electrons. The second-order valence-electron chi connectivity index (χ2n) is 6.48. The van der Waals surface area contributed by atoms with Crippen molar-refractivity contribution in [2.75, 3.05) is 0 Å². The van der Waals surface area contributed by atoms with Crippen LogP contribution in [0, 0.1) is 0 Å². The molecule has 0 radical (unpaired) electrons. The number of para-hydroxylation sites is 1. The Hall–Kier alpha value is -3.61. The number of pyridine rings is 1. The Morgan fingerprint density at radius 2 is 1.81 bits per heavy atom. The number of ether oxygens (including phenoxy) is 1. The Labute approximate surface area is 184 Å². The molecule has 0 aliphatic carbocycles. The van der Waals surface area contributed by atoms with Crippen LogP contribution in [-0.4, -0.2) is 16.1 Å². The van der Waals surface area contributed by atoms with Crippen LogP contribution in [0.1, 0.15) is 43.6 Å². The van der Waals surface area contributed by atoms with E-state index in [1.807, 2.05) is 26.8 Å². The van der Waals surface area contributed by atoms with Crippen molar-refractivity contribution in [3.05, 3.63) is 83.8 Å². The van der Waals surface area contributed by atoms with Crippen LogP contribution in [0.4, 0.5) is 13.2 Å². The average molecular weight is 443 g/mol. The molecule has 0 saturated heterocycles. The third-order valence-corrected chi connectivity index (χ3v) is 4.36. The third kappa shape index (κ3) is 5.55. The summed E-state index contributed by atoms with van der Waals surface area (Å²) in [4.78, 5) is 15.6. The van der Waals surface area contributed by atoms with Crippen molar-refractivity contribution in [2.24, 2.45) is 0 Å². The first-order chi connectivity index (χ1) is 15.2. The molecule has 1 aromatic heterocycles. The molecule has 3 rings (SSSR count). The number of aromatic nitrogens is 1. The van der Waals surface area contributed by atoms with Gasteiger partial charge in [0.15, 0.2) is 0 Å². The van der Waals surface area contributed by atoms with Crippen LogP contribution >= 0.6 is 0 Å². The lowest BCUT2D eigenvalue weighted by molar-refractivity contribution is -0.136. The molecule has 1 heterocycles. The highest BCUT2D eigenvalue weighted by atomic mass is 19.4. The van der Waals surface area contributed by atoms with E-state index in [0.717, 1.165) is 12.3 Å². The Balaban J connectivity index is 0.00000176. The molecule has 0 atom stereocenters. The molecule has 4 nitrogen and oxygen atoms in total. The number of aromatic carboxylic acids is 1. The van der Waals surface area contributed by atoms with Gasteiger partial charge in [-0.2, -0.15) is 13.2 Å². The lowest BCUT2D eigenvalue weighted by atomic mass is 9.94. The normalized spacial score (nSPS) is 11.9. The number of carbonyl (C=O) groups is 1. The van der Waals surface area contributed by atoms with Crippen molar-refractivity contribution < 1.29 is 27.8 Å². The lowest BCUT2D eigenvalue weighted by Crippen LogP contribution is -2.08. The minimum atomic E-state index is -4.62. The summed E-state index contributed by atoms with van der Waals surface area (Å²) < 4.78 is 46.0. The standard InChI is InChI=1S/C23H18F3NO3.C2H6/c1-3-4-7-14(2)30-16-9-5-8-15(12-16)20-17-10-6-11-19(23(24,25)26)21(17)27-13-18(20)22(28)29;1-2/h3-13H,1-2H3,(H,28,29);1-2H3/b4-3-,14-7+;. The van der Waals surface area contributed by atoms with Crippen LogP contribution in [0.2, 0.25) is 0 Å². The van der Waals surface area contributed by atoms with E-state index in [4.69, 9.17) is 4.74 Å². The number of nitrogens with zero attached hydrogens (tertiary/aromatic N) is 1. The average Bonchev–Trinajstić information content (AvgIpc) is 2.77. The van der Waals surface area contributed by atoms with Crippen molar-refractivity contribution in [1.82, 2.24) is 4.98 Å². The lowest BCUT2D eigenvalue weighted by Gasteiger charge is -2.15. The number of halogens is 3. The third-order valence-electron chi connectivity index (χ3n) is 4.36. The van der Waals surface area contributed by atoms with Crippen molar-refractivity contribution in [2.45, 2.75) is 33.9 Å². The van der Waals surface area contributed by atoms with Crippen LogP contribution in [0.5, 0.6) is 5.75 Å². The number of allylic oxidation sites excluding steroid dienone is 4. The summed E-state index contributed by atoms with van der Waals surface area (Å²) in [5.74, 6) is -0.256. The molecular formula is C25H24F3NO3. The summed E-state index contributed by atoms with van der Waals surface area (Å²) in [7, 11) is 0. The zero-order valence-electron chi connectivity index (χ0n) is 18.2. The molecule has 0 aliphatic heterocycles. The first kappa shape index (κ1) is 24.7. The molecule has 0 spiro atoms. The molecule has 32 heavy (non-hydrogen) atoms. The predicted octanol–water partition coefficient (Wildman–Crippen LogP) is 7.50. The van der Waals surface area contributed by atoms with Crippen LogP contribution in [0.15, 0.2) is 72.6 Å². The van der Waals surface area contributed by atoms with Crippen LogP contribution < -0.4 is 4.74 Å². The summed E-state index contributed by atoms with van der Waals surface area (Å²) in [6.07, 6.45) is 1.74. The van der Waals surface area contributed by atoms with Crippen molar-refractivity contribution in [1.29, 1.82) is 0 Å². The highest BCUT2D eigenvalue weighted by molar-refractivity contribution is 6.07. The summed E-state index contributed by atoms with van der Waals surface area (Å²) >= 11 is 0. The van der Waals surface area contributed by atoms with Crippen molar-refractivity contribution in [3.63, 3.8) is 0 Å². The van der Waals surface area contributed by atoms with Gasteiger partial charge in [-0.15, -0.1) is 0 Å². The molecule has 0 amide bonds. The smallest absolute Gasteiger partial charge is 0.418 e. The van der Waals surface area contributed by atoms with Gasteiger partial charge in [-0.25, -0.2) is 4.79 Å². The van der Waals surface area contributed by atoms with E-state index in [0.29, 0.717) is 17.1 Å². The van der Waals surface area contributed by atoms with E-state index in [1.54, 1.807) is 43.3 Å². The fraction of sp³-hybridized carbons (Fsp3) is 0.200. The zero-order chi connectivity index (χ0) is 23.9. The van der Waals surface area contributed by atoms with Gasteiger partial charge >= 0.3 is 12.1 Å². The van der Waals surface area contributed by atoms with Crippen molar-refractivity contribution in [3.8, 4) is 16.9 Å². The van der Waals surface area contributed by atoms with Crippen LogP contribution in [0.3, 0.4) is 0 Å². The summed E-state index contributed by atoms with van der Waals surface area (Å²) in [6, 6.07) is 10.2. The molecule has 1 N–H and O–H groups in total. The second-order valence-corrected chi connectivity index (χ2v) is 6.48. The monoisotopic (exact) mass is 443 g/mol. The van der Waals surface area contributed by atoms with E-state index in [1.165, 1.54) is 12.1 Å². The van der Waals surface area contributed by atoms with Crippen LogP contribution in [0.25, 0.3) is 22.0 Å². The number of rotatable bonds is 5. The summed E-state index contributed by atoms with van der Waals surface area (Å²) in [5, 5.41) is 9.72. The molecule has 0 unspecified atom stereocenters. The van der Waals surface area contributed by atoms with E-state index >= 15 is 0 Å². The highest BCUT2D eigenvalue weighted by Gasteiger charge is 2.34. The predicted molar refractivity (Wildman–Crippen MR) is 120 cm³/mol. The van der Waals surface area contributed by atoms with Gasteiger partial charge in [0.05, 0.1) is 16.6 Å². The topological polar surface area (TPSA) is 59.4 Å². The molecule has 3 aromatic rings. The van der Waals surface area contributed by atoms with Gasteiger partial charge < -0.3 is 9.84 Å². The van der Waals surface area contributed by atoms with Gasteiger partial charge in [0.2, 0.25) is 0 Å². The maximum absolute atomic E-state index is 13.4. The number of hydrogen-bond acceptors (Lipinski definition) is 3. The van der Waals surface area contributed by atoms with E-state index in [-0.39, 0.29) is 22.0 Å². The van der Waals surface area contributed by atoms with Crippen molar-refractivity contribution >= 4 is 16.9 Å². The zero-order valence-corrected chi connectivity index (χ0v) is 18.2. The number of carboxylic acid groups (broad SMARTS) is 1. The first-order valence-electron chi connectivity index (χ1n) is 10.0. The maximum atomic E-state index is 13.4. The molecule has 0 saturated carbocycles. The Kier molecular flexibility index (Phi) is 8.18. The molecule has 0 fully saturated rings. The highest BCUT2D eigenvalue weighted by Crippen LogP contribution is 2.39. The van der Waals surface area contributed by atoms with Gasteiger partial charge in [-0.1, -0.05) is 50.3 Å².